The molecule has 1 fully saturated rings. The number of rotatable bonds is 3. The van der Waals surface area contributed by atoms with Gasteiger partial charge in [-0.15, -0.1) is 0 Å². The zero-order chi connectivity index (χ0) is 10.8. The lowest BCUT2D eigenvalue weighted by atomic mass is 10.1. The molecule has 0 bridgehead atoms. The highest BCUT2D eigenvalue weighted by molar-refractivity contribution is 5.14. The molecular formula is C11H19N3O. The van der Waals surface area contributed by atoms with Crippen molar-refractivity contribution in [2.75, 3.05) is 13.1 Å². The van der Waals surface area contributed by atoms with Crippen molar-refractivity contribution < 1.29 is 5.11 Å². The quantitative estimate of drug-likeness (QED) is 0.809. The van der Waals surface area contributed by atoms with Crippen LogP contribution in [0.1, 0.15) is 37.2 Å². The topological polar surface area (TPSA) is 41.3 Å². The molecule has 1 N–H and O–H groups in total. The number of hydrogen-bond donors (Lipinski definition) is 1. The predicted octanol–water partition coefficient (Wildman–Crippen LogP) is 1.07. The van der Waals surface area contributed by atoms with Crippen LogP contribution in [0.5, 0.6) is 0 Å². The summed E-state index contributed by atoms with van der Waals surface area (Å²) in [5.74, 6) is 0. The van der Waals surface area contributed by atoms with Gasteiger partial charge in [0.1, 0.15) is 0 Å². The second-order valence-corrected chi connectivity index (χ2v) is 4.13. The second kappa shape index (κ2) is 4.33. The van der Waals surface area contributed by atoms with Crippen LogP contribution < -0.4 is 0 Å². The van der Waals surface area contributed by atoms with Crippen molar-refractivity contribution in [3.63, 3.8) is 0 Å². The minimum Gasteiger partial charge on any atom is -0.390 e. The van der Waals surface area contributed by atoms with Gasteiger partial charge in [-0.1, -0.05) is 6.92 Å². The first-order chi connectivity index (χ1) is 7.26. The summed E-state index contributed by atoms with van der Waals surface area (Å²) in [6.45, 7) is 4.51. The average molecular weight is 209 g/mol. The molecule has 4 nitrogen and oxygen atoms in total. The van der Waals surface area contributed by atoms with Crippen molar-refractivity contribution in [1.82, 2.24) is 14.7 Å². The van der Waals surface area contributed by atoms with Crippen LogP contribution in [0.3, 0.4) is 0 Å². The summed E-state index contributed by atoms with van der Waals surface area (Å²) in [6, 6.07) is 2.49. The number of hydrogen-bond acceptors (Lipinski definition) is 3. The third-order valence-electron chi connectivity index (χ3n) is 3.27. The molecule has 0 radical (unpaired) electrons. The van der Waals surface area contributed by atoms with Gasteiger partial charge < -0.3 is 5.11 Å². The van der Waals surface area contributed by atoms with Crippen molar-refractivity contribution in [1.29, 1.82) is 0 Å². The zero-order valence-electron chi connectivity index (χ0n) is 9.48. The summed E-state index contributed by atoms with van der Waals surface area (Å²) in [4.78, 5) is 2.45. The van der Waals surface area contributed by atoms with E-state index in [9.17, 15) is 0 Å². The van der Waals surface area contributed by atoms with Gasteiger partial charge in [0.15, 0.2) is 0 Å². The molecule has 4 heteroatoms. The van der Waals surface area contributed by atoms with Gasteiger partial charge in [-0.2, -0.15) is 5.10 Å². The van der Waals surface area contributed by atoms with E-state index in [4.69, 9.17) is 5.11 Å². The van der Waals surface area contributed by atoms with Crippen LogP contribution in [-0.2, 0) is 13.7 Å². The first-order valence-electron chi connectivity index (χ1n) is 5.64. The van der Waals surface area contributed by atoms with Crippen molar-refractivity contribution >= 4 is 0 Å². The third kappa shape index (κ3) is 1.92. The van der Waals surface area contributed by atoms with E-state index in [1.54, 1.807) is 4.68 Å². The summed E-state index contributed by atoms with van der Waals surface area (Å²) >= 11 is 0. The van der Waals surface area contributed by atoms with E-state index in [-0.39, 0.29) is 6.61 Å². The Labute approximate surface area is 90.5 Å². The summed E-state index contributed by atoms with van der Waals surface area (Å²) in [6.07, 6.45) is 2.44. The van der Waals surface area contributed by atoms with Crippen molar-refractivity contribution in [3.8, 4) is 0 Å². The smallest absolute Gasteiger partial charge is 0.0849 e. The molecule has 2 rings (SSSR count). The van der Waals surface area contributed by atoms with Crippen LogP contribution in [0.25, 0.3) is 0 Å². The Balaban J connectivity index is 2.21. The SMILES string of the molecule is CCN1CCCC1c1cc(CO)n(C)n1. The largest absolute Gasteiger partial charge is 0.390 e. The van der Waals surface area contributed by atoms with Crippen molar-refractivity contribution in [3.05, 3.63) is 17.5 Å². The van der Waals surface area contributed by atoms with Gasteiger partial charge in [0.25, 0.3) is 0 Å². The number of nitrogens with zero attached hydrogens (tertiary/aromatic N) is 3. The molecule has 1 aromatic heterocycles. The van der Waals surface area contributed by atoms with Gasteiger partial charge in [-0.25, -0.2) is 0 Å². The second-order valence-electron chi connectivity index (χ2n) is 4.13. The van der Waals surface area contributed by atoms with Gasteiger partial charge in [-0.3, -0.25) is 9.58 Å². The van der Waals surface area contributed by atoms with Crippen LogP contribution in [0.4, 0.5) is 0 Å². The van der Waals surface area contributed by atoms with E-state index in [0.717, 1.165) is 17.9 Å². The molecule has 0 aromatic carbocycles. The maximum Gasteiger partial charge on any atom is 0.0849 e. The third-order valence-corrected chi connectivity index (χ3v) is 3.27. The Morgan fingerprint density at radius 1 is 1.60 bits per heavy atom. The lowest BCUT2D eigenvalue weighted by Crippen LogP contribution is -2.23. The fourth-order valence-corrected chi connectivity index (χ4v) is 2.38. The first kappa shape index (κ1) is 10.6. The molecule has 1 saturated heterocycles. The lowest BCUT2D eigenvalue weighted by molar-refractivity contribution is 0.266. The van der Waals surface area contributed by atoms with E-state index in [1.165, 1.54) is 19.4 Å². The van der Waals surface area contributed by atoms with E-state index >= 15 is 0 Å². The zero-order valence-corrected chi connectivity index (χ0v) is 9.48. The fourth-order valence-electron chi connectivity index (χ4n) is 2.38. The molecule has 0 spiro atoms. The highest BCUT2D eigenvalue weighted by Crippen LogP contribution is 2.30. The lowest BCUT2D eigenvalue weighted by Gasteiger charge is -2.20. The summed E-state index contributed by atoms with van der Waals surface area (Å²) in [7, 11) is 1.89. The minimum atomic E-state index is 0.0718. The van der Waals surface area contributed by atoms with Crippen molar-refractivity contribution in [2.24, 2.45) is 7.05 Å². The van der Waals surface area contributed by atoms with E-state index in [1.807, 2.05) is 13.1 Å². The Hall–Kier alpha value is -0.870. The number of aryl methyl sites for hydroxylation is 1. The van der Waals surface area contributed by atoms with Crippen LogP contribution in [0, 0.1) is 0 Å². The highest BCUT2D eigenvalue weighted by atomic mass is 16.3. The molecule has 1 aromatic rings. The summed E-state index contributed by atoms with van der Waals surface area (Å²) in [5, 5.41) is 13.6. The molecule has 1 aliphatic heterocycles. The molecule has 0 amide bonds. The summed E-state index contributed by atoms with van der Waals surface area (Å²) in [5.41, 5.74) is 2.01. The highest BCUT2D eigenvalue weighted by Gasteiger charge is 2.26. The predicted molar refractivity (Wildman–Crippen MR) is 58.4 cm³/mol. The van der Waals surface area contributed by atoms with E-state index < -0.39 is 0 Å². The maximum atomic E-state index is 9.12. The normalized spacial score (nSPS) is 22.5. The molecule has 2 heterocycles. The molecule has 1 unspecified atom stereocenters. The van der Waals surface area contributed by atoms with Crippen LogP contribution in [0.15, 0.2) is 6.07 Å². The molecule has 1 aliphatic rings. The number of aliphatic hydroxyl groups is 1. The van der Waals surface area contributed by atoms with Crippen LogP contribution in [-0.4, -0.2) is 32.9 Å². The Morgan fingerprint density at radius 2 is 2.40 bits per heavy atom. The minimum absolute atomic E-state index is 0.0718. The van der Waals surface area contributed by atoms with Crippen molar-refractivity contribution in [2.45, 2.75) is 32.4 Å². The molecule has 0 saturated carbocycles. The van der Waals surface area contributed by atoms with Crippen LogP contribution >= 0.6 is 0 Å². The monoisotopic (exact) mass is 209 g/mol. The number of aromatic nitrogens is 2. The van der Waals surface area contributed by atoms with Gasteiger partial charge in [0.2, 0.25) is 0 Å². The van der Waals surface area contributed by atoms with Crippen LogP contribution in [0.2, 0.25) is 0 Å². The standard InChI is InChI=1S/C11H19N3O/c1-3-14-6-4-5-11(14)10-7-9(8-15)13(2)12-10/h7,11,15H,3-6,8H2,1-2H3. The molecule has 0 aliphatic carbocycles. The fraction of sp³-hybridized carbons (Fsp3) is 0.727. The maximum absolute atomic E-state index is 9.12. The number of aliphatic hydroxyl groups excluding tert-OH is 1. The van der Waals surface area contributed by atoms with E-state index in [0.29, 0.717) is 6.04 Å². The Bertz CT molecular complexity index is 335. The average Bonchev–Trinajstić information content (AvgIpc) is 2.82. The van der Waals surface area contributed by atoms with Gasteiger partial charge in [-0.05, 0) is 32.0 Å². The molecular weight excluding hydrogens is 190 g/mol. The van der Waals surface area contributed by atoms with Gasteiger partial charge >= 0.3 is 0 Å². The van der Waals surface area contributed by atoms with Gasteiger partial charge in [0, 0.05) is 7.05 Å². The summed E-state index contributed by atoms with van der Waals surface area (Å²) < 4.78 is 1.78. The Morgan fingerprint density at radius 3 is 3.00 bits per heavy atom. The molecule has 1 atom stereocenters. The van der Waals surface area contributed by atoms with Gasteiger partial charge in [0.05, 0.1) is 24.0 Å². The first-order valence-corrected chi connectivity index (χ1v) is 5.64. The Kier molecular flexibility index (Phi) is 3.07. The number of likely N-dealkylation sites (tertiary alicyclic amines) is 1. The molecule has 84 valence electrons. The van der Waals surface area contributed by atoms with E-state index in [2.05, 4.69) is 16.9 Å². The molecule has 15 heavy (non-hydrogen) atoms.